The van der Waals surface area contributed by atoms with Crippen LogP contribution >= 0.6 is 27.3 Å². The smallest absolute Gasteiger partial charge is 0.124 e. The van der Waals surface area contributed by atoms with Crippen molar-refractivity contribution in [3.8, 4) is 5.75 Å². The summed E-state index contributed by atoms with van der Waals surface area (Å²) in [6.07, 6.45) is 1.18. The molecule has 0 bridgehead atoms. The van der Waals surface area contributed by atoms with Gasteiger partial charge < -0.3 is 10.1 Å². The molecule has 0 aliphatic carbocycles. The first kappa shape index (κ1) is 16.0. The number of hydrogen-bond acceptors (Lipinski definition) is 4. The summed E-state index contributed by atoms with van der Waals surface area (Å²) in [5.41, 5.74) is 1.24. The van der Waals surface area contributed by atoms with Crippen molar-refractivity contribution in [2.45, 2.75) is 12.5 Å². The van der Waals surface area contributed by atoms with Gasteiger partial charge in [-0.1, -0.05) is 22.0 Å². The lowest BCUT2D eigenvalue weighted by Gasteiger charge is -2.31. The minimum absolute atomic E-state index is 0.257. The van der Waals surface area contributed by atoms with Crippen LogP contribution in [0.2, 0.25) is 0 Å². The number of nitrogens with zero attached hydrogens (tertiary/aromatic N) is 1. The highest BCUT2D eigenvalue weighted by Crippen LogP contribution is 2.38. The Morgan fingerprint density at radius 1 is 1.27 bits per heavy atom. The summed E-state index contributed by atoms with van der Waals surface area (Å²) in [5, 5.41) is 5.65. The maximum atomic E-state index is 5.64. The van der Waals surface area contributed by atoms with Gasteiger partial charge in [0, 0.05) is 34.5 Å². The average molecular weight is 381 g/mol. The van der Waals surface area contributed by atoms with Gasteiger partial charge in [-0.25, -0.2) is 0 Å². The monoisotopic (exact) mass is 380 g/mol. The van der Waals surface area contributed by atoms with Gasteiger partial charge in [0.1, 0.15) is 5.75 Å². The fraction of sp³-hybridized carbons (Fsp3) is 0.412. The Hall–Kier alpha value is -0.880. The Morgan fingerprint density at radius 3 is 2.95 bits per heavy atom. The number of rotatable bonds is 4. The molecule has 1 aliphatic heterocycles. The Bertz CT molecular complexity index is 595. The zero-order valence-electron chi connectivity index (χ0n) is 12.7. The zero-order valence-corrected chi connectivity index (χ0v) is 15.1. The molecule has 2 aromatic rings. The van der Waals surface area contributed by atoms with E-state index >= 15 is 0 Å². The van der Waals surface area contributed by atoms with E-state index < -0.39 is 0 Å². The fourth-order valence-electron chi connectivity index (χ4n) is 3.02. The molecule has 5 heteroatoms. The lowest BCUT2D eigenvalue weighted by atomic mass is 10.0. The van der Waals surface area contributed by atoms with Gasteiger partial charge in [-0.2, -0.15) is 0 Å². The molecule has 1 aromatic heterocycles. The molecule has 1 saturated heterocycles. The van der Waals surface area contributed by atoms with Gasteiger partial charge in [-0.3, -0.25) is 4.90 Å². The first-order chi connectivity index (χ1) is 10.8. The van der Waals surface area contributed by atoms with Crippen LogP contribution in [-0.4, -0.2) is 38.2 Å². The number of ether oxygens (including phenoxy) is 1. The van der Waals surface area contributed by atoms with Gasteiger partial charge in [0.25, 0.3) is 0 Å². The Morgan fingerprint density at radius 2 is 2.18 bits per heavy atom. The maximum absolute atomic E-state index is 5.64. The van der Waals surface area contributed by atoms with Crippen LogP contribution in [0, 0.1) is 0 Å². The number of thiophene rings is 1. The number of hydrogen-bond donors (Lipinski definition) is 1. The summed E-state index contributed by atoms with van der Waals surface area (Å²) in [6.45, 7) is 4.30. The second-order valence-electron chi connectivity index (χ2n) is 5.44. The van der Waals surface area contributed by atoms with Crippen molar-refractivity contribution < 1.29 is 4.74 Å². The first-order valence-electron chi connectivity index (χ1n) is 7.61. The minimum Gasteiger partial charge on any atom is -0.496 e. The Balaban J connectivity index is 2.03. The molecule has 0 amide bonds. The van der Waals surface area contributed by atoms with E-state index in [0.717, 1.165) is 36.4 Å². The van der Waals surface area contributed by atoms with Crippen molar-refractivity contribution in [2.24, 2.45) is 0 Å². The highest BCUT2D eigenvalue weighted by atomic mass is 79.9. The highest BCUT2D eigenvalue weighted by Gasteiger charge is 2.26. The normalized spacial score (nSPS) is 17.9. The van der Waals surface area contributed by atoms with Crippen molar-refractivity contribution in [2.75, 3.05) is 33.3 Å². The van der Waals surface area contributed by atoms with Crippen LogP contribution in [0.4, 0.5) is 0 Å². The second kappa shape index (κ2) is 7.59. The van der Waals surface area contributed by atoms with Crippen molar-refractivity contribution in [1.29, 1.82) is 0 Å². The van der Waals surface area contributed by atoms with E-state index in [1.165, 1.54) is 16.9 Å². The zero-order chi connectivity index (χ0) is 15.4. The molecule has 1 aliphatic rings. The topological polar surface area (TPSA) is 24.5 Å². The third kappa shape index (κ3) is 3.54. The van der Waals surface area contributed by atoms with E-state index in [2.05, 4.69) is 55.8 Å². The molecule has 22 heavy (non-hydrogen) atoms. The van der Waals surface area contributed by atoms with Crippen LogP contribution in [0.3, 0.4) is 0 Å². The molecule has 1 atom stereocenters. The molecule has 118 valence electrons. The van der Waals surface area contributed by atoms with Gasteiger partial charge in [-0.05, 0) is 42.6 Å². The molecule has 3 nitrogen and oxygen atoms in total. The molecule has 3 rings (SSSR count). The van der Waals surface area contributed by atoms with Crippen molar-refractivity contribution in [1.82, 2.24) is 10.2 Å². The summed E-state index contributed by atoms with van der Waals surface area (Å²) in [4.78, 5) is 3.94. The third-order valence-electron chi connectivity index (χ3n) is 4.04. The van der Waals surface area contributed by atoms with E-state index in [1.807, 2.05) is 17.4 Å². The SMILES string of the molecule is COc1ccc(Br)cc1C(c1cccs1)N1CCCNCC1. The number of nitrogens with one attached hydrogen (secondary N) is 1. The summed E-state index contributed by atoms with van der Waals surface area (Å²) >= 11 is 5.43. The highest BCUT2D eigenvalue weighted by molar-refractivity contribution is 9.10. The van der Waals surface area contributed by atoms with Crippen LogP contribution in [-0.2, 0) is 0 Å². The summed E-state index contributed by atoms with van der Waals surface area (Å²) < 4.78 is 6.74. The van der Waals surface area contributed by atoms with E-state index in [9.17, 15) is 0 Å². The average Bonchev–Trinajstić information content (AvgIpc) is 2.91. The van der Waals surface area contributed by atoms with Gasteiger partial charge in [0.2, 0.25) is 0 Å². The molecule has 0 saturated carbocycles. The van der Waals surface area contributed by atoms with Crippen molar-refractivity contribution in [3.05, 3.63) is 50.6 Å². The van der Waals surface area contributed by atoms with Crippen LogP contribution in [0.1, 0.15) is 22.9 Å². The summed E-state index contributed by atoms with van der Waals surface area (Å²) in [5.74, 6) is 0.957. The quantitative estimate of drug-likeness (QED) is 0.869. The van der Waals surface area contributed by atoms with Crippen LogP contribution in [0.25, 0.3) is 0 Å². The van der Waals surface area contributed by atoms with Crippen LogP contribution in [0.15, 0.2) is 40.2 Å². The standard InChI is InChI=1S/C17H21BrN2OS/c1-21-15-6-5-13(18)12-14(15)17(16-4-2-11-22-16)20-9-3-7-19-8-10-20/h2,4-6,11-12,17,19H,3,7-10H2,1H3. The Labute approximate surface area is 144 Å². The van der Waals surface area contributed by atoms with Gasteiger partial charge in [0.15, 0.2) is 0 Å². The third-order valence-corrected chi connectivity index (χ3v) is 5.46. The molecule has 1 unspecified atom stereocenters. The molecule has 0 radical (unpaired) electrons. The molecule has 1 N–H and O–H groups in total. The number of benzene rings is 1. The molecule has 2 heterocycles. The summed E-state index contributed by atoms with van der Waals surface area (Å²) in [6, 6.07) is 10.9. The van der Waals surface area contributed by atoms with E-state index in [4.69, 9.17) is 4.74 Å². The number of halogens is 1. The van der Waals surface area contributed by atoms with E-state index in [1.54, 1.807) is 7.11 Å². The van der Waals surface area contributed by atoms with Gasteiger partial charge in [0.05, 0.1) is 13.2 Å². The van der Waals surface area contributed by atoms with Crippen molar-refractivity contribution in [3.63, 3.8) is 0 Å². The number of methoxy groups -OCH3 is 1. The molecular weight excluding hydrogens is 360 g/mol. The van der Waals surface area contributed by atoms with Crippen molar-refractivity contribution >= 4 is 27.3 Å². The van der Waals surface area contributed by atoms with Crippen LogP contribution < -0.4 is 10.1 Å². The second-order valence-corrected chi connectivity index (χ2v) is 7.34. The van der Waals surface area contributed by atoms with E-state index in [-0.39, 0.29) is 6.04 Å². The predicted molar refractivity (Wildman–Crippen MR) is 95.9 cm³/mol. The lowest BCUT2D eigenvalue weighted by Crippen LogP contribution is -2.32. The van der Waals surface area contributed by atoms with E-state index in [0.29, 0.717) is 0 Å². The van der Waals surface area contributed by atoms with Gasteiger partial charge >= 0.3 is 0 Å². The largest absolute Gasteiger partial charge is 0.496 e. The fourth-order valence-corrected chi connectivity index (χ4v) is 4.28. The Kier molecular flexibility index (Phi) is 5.52. The molecule has 1 aromatic carbocycles. The maximum Gasteiger partial charge on any atom is 0.124 e. The first-order valence-corrected chi connectivity index (χ1v) is 9.28. The van der Waals surface area contributed by atoms with Crippen LogP contribution in [0.5, 0.6) is 5.75 Å². The molecule has 1 fully saturated rings. The minimum atomic E-state index is 0.257. The molecular formula is C17H21BrN2OS. The van der Waals surface area contributed by atoms with Gasteiger partial charge in [-0.15, -0.1) is 11.3 Å². The predicted octanol–water partition coefficient (Wildman–Crippen LogP) is 3.90. The molecule has 0 spiro atoms. The lowest BCUT2D eigenvalue weighted by molar-refractivity contribution is 0.239. The summed E-state index contributed by atoms with van der Waals surface area (Å²) in [7, 11) is 1.75.